The average molecular weight is 285 g/mol. The van der Waals surface area contributed by atoms with Gasteiger partial charge in [-0.25, -0.2) is 0 Å². The first-order valence-electron chi connectivity index (χ1n) is 5.98. The van der Waals surface area contributed by atoms with Crippen LogP contribution in [0.5, 0.6) is 0 Å². The summed E-state index contributed by atoms with van der Waals surface area (Å²) in [6.07, 6.45) is 0. The Labute approximate surface area is 110 Å². The lowest BCUT2D eigenvalue weighted by atomic mass is 10.4. The van der Waals surface area contributed by atoms with Crippen molar-refractivity contribution in [2.24, 2.45) is 4.03 Å². The van der Waals surface area contributed by atoms with E-state index in [1.165, 1.54) is 4.90 Å². The predicted octanol–water partition coefficient (Wildman–Crippen LogP) is 4.02. The van der Waals surface area contributed by atoms with Crippen LogP contribution in [0.2, 0.25) is 39.3 Å². The van der Waals surface area contributed by atoms with Gasteiger partial charge in [-0.15, -0.1) is 0 Å². The zero-order valence-corrected chi connectivity index (χ0v) is 14.6. The van der Waals surface area contributed by atoms with Crippen molar-refractivity contribution in [2.45, 2.75) is 44.2 Å². The minimum Gasteiger partial charge on any atom is -0.286 e. The van der Waals surface area contributed by atoms with Crippen molar-refractivity contribution < 1.29 is 0 Å². The molecule has 0 spiro atoms. The second-order valence-corrected chi connectivity index (χ2v) is 17.6. The summed E-state index contributed by atoms with van der Waals surface area (Å²) >= 11 is 0. The maximum atomic E-state index is 5.05. The lowest BCUT2D eigenvalue weighted by molar-refractivity contribution is 1.36. The van der Waals surface area contributed by atoms with Gasteiger partial charge in [-0.2, -0.15) is 0 Å². The lowest BCUT2D eigenvalue weighted by Crippen LogP contribution is -2.43. The summed E-state index contributed by atoms with van der Waals surface area (Å²) in [7, 11) is -2.85. The first-order valence-corrected chi connectivity index (χ1v) is 14.1. The fraction of sp³-hybridized carbons (Fsp3) is 0.500. The van der Waals surface area contributed by atoms with E-state index >= 15 is 0 Å². The molecule has 1 aromatic rings. The topological polar surface area (TPSA) is 24.4 Å². The highest BCUT2D eigenvalue weighted by Gasteiger charge is 2.19. The van der Waals surface area contributed by atoms with Gasteiger partial charge in [0.05, 0.1) is 0 Å². The van der Waals surface area contributed by atoms with Gasteiger partial charge in [0.25, 0.3) is 0 Å². The van der Waals surface area contributed by atoms with Crippen molar-refractivity contribution in [3.05, 3.63) is 30.3 Å². The van der Waals surface area contributed by atoms with Crippen LogP contribution >= 0.6 is 0 Å². The van der Waals surface area contributed by atoms with Crippen LogP contribution in [-0.2, 0) is 10.9 Å². The molecule has 1 aromatic carbocycles. The molecule has 0 radical (unpaired) electrons. The van der Waals surface area contributed by atoms with Crippen LogP contribution < -0.4 is 4.39 Å². The van der Waals surface area contributed by atoms with Gasteiger partial charge in [-0.3, -0.25) is 8.42 Å². The number of benzene rings is 1. The molecule has 0 amide bonds. The van der Waals surface area contributed by atoms with Crippen molar-refractivity contribution in [1.82, 2.24) is 4.39 Å². The van der Waals surface area contributed by atoms with E-state index in [9.17, 15) is 0 Å². The molecule has 5 heteroatoms. The minimum absolute atomic E-state index is 0.128. The molecule has 0 aliphatic rings. The van der Waals surface area contributed by atoms with Gasteiger partial charge < -0.3 is 0 Å². The highest BCUT2D eigenvalue weighted by atomic mass is 32.2. The Morgan fingerprint density at radius 3 is 1.88 bits per heavy atom. The van der Waals surface area contributed by atoms with Gasteiger partial charge in [0.15, 0.2) is 8.24 Å². The van der Waals surface area contributed by atoms with Crippen molar-refractivity contribution >= 4 is 27.3 Å². The smallest absolute Gasteiger partial charge is 0.183 e. The Morgan fingerprint density at radius 1 is 0.941 bits per heavy atom. The summed E-state index contributed by atoms with van der Waals surface area (Å²) in [5.41, 5.74) is 0. The standard InChI is InChI=1S/C12H24N2SSi2/c1-16(2,3)13-15(14-17(4,5)6)12-10-8-7-9-11-12/h7-11H,1-6H3,(H,13,14). The predicted molar refractivity (Wildman–Crippen MR) is 84.3 cm³/mol. The maximum absolute atomic E-state index is 5.05. The van der Waals surface area contributed by atoms with Crippen molar-refractivity contribution in [1.29, 1.82) is 0 Å². The molecule has 96 valence electrons. The zero-order chi connectivity index (χ0) is 13.1. The first-order chi connectivity index (χ1) is 7.67. The summed E-state index contributed by atoms with van der Waals surface area (Å²) in [6, 6.07) is 10.6. The first kappa shape index (κ1) is 14.8. The van der Waals surface area contributed by atoms with E-state index < -0.39 is 16.5 Å². The van der Waals surface area contributed by atoms with E-state index in [2.05, 4.69) is 74.0 Å². The molecule has 1 N–H and O–H groups in total. The third-order valence-electron chi connectivity index (χ3n) is 1.73. The van der Waals surface area contributed by atoms with Crippen LogP contribution in [0.1, 0.15) is 0 Å². The molecular weight excluding hydrogens is 260 g/mol. The molecule has 2 nitrogen and oxygen atoms in total. The molecule has 1 rings (SSSR count). The fourth-order valence-corrected chi connectivity index (χ4v) is 7.66. The van der Waals surface area contributed by atoms with Crippen LogP contribution in [-0.4, -0.2) is 16.5 Å². The summed E-state index contributed by atoms with van der Waals surface area (Å²) in [5, 5.41) is 0. The van der Waals surface area contributed by atoms with E-state index in [0.717, 1.165) is 0 Å². The fourth-order valence-electron chi connectivity index (χ4n) is 1.25. The van der Waals surface area contributed by atoms with Gasteiger partial charge in [-0.05, 0) is 42.7 Å². The van der Waals surface area contributed by atoms with Crippen molar-refractivity contribution in [2.75, 3.05) is 0 Å². The monoisotopic (exact) mass is 284 g/mol. The van der Waals surface area contributed by atoms with E-state index in [0.29, 0.717) is 0 Å². The molecule has 0 aliphatic carbocycles. The van der Waals surface area contributed by atoms with Gasteiger partial charge in [0.1, 0.15) is 8.24 Å². The Hall–Kier alpha value is -0.236. The molecule has 0 heterocycles. The minimum atomic E-state index is -1.41. The number of nitrogens with one attached hydrogen (secondary N) is 1. The molecule has 0 bridgehead atoms. The summed E-state index contributed by atoms with van der Waals surface area (Å²) < 4.78 is 8.82. The van der Waals surface area contributed by atoms with Gasteiger partial charge in [-0.1, -0.05) is 37.8 Å². The Bertz CT molecular complexity index is 391. The largest absolute Gasteiger partial charge is 0.286 e. The Kier molecular flexibility index (Phi) is 4.89. The van der Waals surface area contributed by atoms with Crippen molar-refractivity contribution in [3.8, 4) is 0 Å². The average Bonchev–Trinajstić information content (AvgIpc) is 2.14. The molecule has 0 aromatic heterocycles. The Morgan fingerprint density at radius 2 is 1.47 bits per heavy atom. The maximum Gasteiger partial charge on any atom is 0.183 e. The number of rotatable bonds is 4. The second kappa shape index (κ2) is 5.60. The summed E-state index contributed by atoms with van der Waals surface area (Å²) in [6.45, 7) is 13.9. The number of hydrogen-bond acceptors (Lipinski definition) is 1. The highest BCUT2D eigenvalue weighted by Crippen LogP contribution is 2.14. The number of nitrogens with zero attached hydrogens (tertiary/aromatic N) is 1. The van der Waals surface area contributed by atoms with Crippen LogP contribution in [0.4, 0.5) is 0 Å². The molecular formula is C12H24N2SSi2. The van der Waals surface area contributed by atoms with Crippen LogP contribution in [0.25, 0.3) is 0 Å². The molecule has 1 unspecified atom stereocenters. The van der Waals surface area contributed by atoms with Crippen LogP contribution in [0.15, 0.2) is 39.3 Å². The Balaban J connectivity index is 3.09. The highest BCUT2D eigenvalue weighted by molar-refractivity contribution is 7.87. The normalized spacial score (nSPS) is 14.9. The molecule has 0 saturated carbocycles. The second-order valence-electron chi connectivity index (χ2n) is 6.21. The molecule has 0 aliphatic heterocycles. The zero-order valence-electron chi connectivity index (χ0n) is 11.7. The summed E-state index contributed by atoms with van der Waals surface area (Å²) in [4.78, 5) is 1.32. The summed E-state index contributed by atoms with van der Waals surface area (Å²) in [5.74, 6) is 0. The van der Waals surface area contributed by atoms with Crippen LogP contribution in [0.3, 0.4) is 0 Å². The van der Waals surface area contributed by atoms with E-state index in [1.807, 2.05) is 0 Å². The molecule has 0 saturated heterocycles. The van der Waals surface area contributed by atoms with Crippen molar-refractivity contribution in [3.63, 3.8) is 0 Å². The van der Waals surface area contributed by atoms with Gasteiger partial charge in [0.2, 0.25) is 0 Å². The molecule has 17 heavy (non-hydrogen) atoms. The lowest BCUT2D eigenvalue weighted by Gasteiger charge is -2.23. The van der Waals surface area contributed by atoms with E-state index in [1.54, 1.807) is 0 Å². The van der Waals surface area contributed by atoms with Gasteiger partial charge >= 0.3 is 0 Å². The molecule has 0 fully saturated rings. The quantitative estimate of drug-likeness (QED) is 0.830. The third-order valence-corrected chi connectivity index (χ3v) is 8.60. The van der Waals surface area contributed by atoms with Gasteiger partial charge in [0, 0.05) is 4.90 Å². The molecule has 1 atom stereocenters. The SMILES string of the molecule is C[Si](C)(C)N=S(N[Si](C)(C)C)c1ccccc1. The van der Waals surface area contributed by atoms with E-state index in [-0.39, 0.29) is 10.9 Å². The number of hydrogen-bond donors (Lipinski definition) is 1. The van der Waals surface area contributed by atoms with E-state index in [4.69, 9.17) is 4.03 Å². The van der Waals surface area contributed by atoms with Crippen LogP contribution in [0, 0.1) is 0 Å². The third kappa shape index (κ3) is 6.30.